The highest BCUT2D eigenvalue weighted by molar-refractivity contribution is 4.81. The summed E-state index contributed by atoms with van der Waals surface area (Å²) in [4.78, 5) is 2.40. The molecule has 0 spiro atoms. The van der Waals surface area contributed by atoms with Crippen molar-refractivity contribution in [1.29, 1.82) is 0 Å². The number of hydrogen-bond acceptors (Lipinski definition) is 3. The van der Waals surface area contributed by atoms with E-state index in [1.165, 1.54) is 12.8 Å². The Morgan fingerprint density at radius 2 is 1.83 bits per heavy atom. The van der Waals surface area contributed by atoms with Crippen molar-refractivity contribution in [3.8, 4) is 0 Å². The number of rotatable bonds is 11. The molecule has 0 rings (SSSR count). The summed E-state index contributed by atoms with van der Waals surface area (Å²) in [5.74, 6) is 0. The van der Waals surface area contributed by atoms with E-state index in [1.54, 1.807) is 0 Å². The van der Waals surface area contributed by atoms with Gasteiger partial charge in [0.1, 0.15) is 0 Å². The maximum Gasteiger partial charge on any atom is 0.0558 e. The second kappa shape index (κ2) is 9.76. The average Bonchev–Trinajstić information content (AvgIpc) is 2.27. The summed E-state index contributed by atoms with van der Waals surface area (Å²) in [5, 5.41) is 12.7. The van der Waals surface area contributed by atoms with Crippen LogP contribution < -0.4 is 5.32 Å². The Kier molecular flexibility index (Phi) is 9.70. The molecule has 110 valence electrons. The normalized spacial score (nSPS) is 15.3. The second-order valence-corrected chi connectivity index (χ2v) is 6.10. The fraction of sp³-hybridized carbons (Fsp3) is 1.00. The zero-order valence-corrected chi connectivity index (χ0v) is 13.1. The summed E-state index contributed by atoms with van der Waals surface area (Å²) >= 11 is 0. The van der Waals surface area contributed by atoms with Gasteiger partial charge in [-0.05, 0) is 24.8 Å². The summed E-state index contributed by atoms with van der Waals surface area (Å²) in [6.45, 7) is 15.5. The summed E-state index contributed by atoms with van der Waals surface area (Å²) in [6.07, 6.45) is 3.60. The van der Waals surface area contributed by atoms with Gasteiger partial charge in [-0.25, -0.2) is 0 Å². The van der Waals surface area contributed by atoms with Crippen LogP contribution in [0, 0.1) is 5.41 Å². The molecule has 0 amide bonds. The van der Waals surface area contributed by atoms with Crippen LogP contribution in [0.4, 0.5) is 0 Å². The molecule has 18 heavy (non-hydrogen) atoms. The molecule has 0 heterocycles. The van der Waals surface area contributed by atoms with E-state index in [9.17, 15) is 0 Å². The van der Waals surface area contributed by atoms with Crippen LogP contribution in [0.1, 0.15) is 53.9 Å². The van der Waals surface area contributed by atoms with Crippen molar-refractivity contribution in [1.82, 2.24) is 10.2 Å². The van der Waals surface area contributed by atoms with Crippen LogP contribution in [0.2, 0.25) is 0 Å². The minimum Gasteiger partial charge on any atom is -0.395 e. The molecule has 0 aliphatic rings. The van der Waals surface area contributed by atoms with Crippen molar-refractivity contribution in [2.75, 3.05) is 32.8 Å². The van der Waals surface area contributed by atoms with Gasteiger partial charge in [0.05, 0.1) is 6.61 Å². The zero-order valence-electron chi connectivity index (χ0n) is 13.1. The van der Waals surface area contributed by atoms with Gasteiger partial charge in [0, 0.05) is 25.7 Å². The molecule has 0 aromatic rings. The third-order valence-electron chi connectivity index (χ3n) is 3.35. The Bertz CT molecular complexity index is 191. The highest BCUT2D eigenvalue weighted by Crippen LogP contribution is 2.24. The quantitative estimate of drug-likeness (QED) is 0.598. The van der Waals surface area contributed by atoms with Gasteiger partial charge in [-0.3, -0.25) is 0 Å². The Morgan fingerprint density at radius 1 is 1.17 bits per heavy atom. The molecule has 0 fully saturated rings. The number of hydrogen-bond donors (Lipinski definition) is 2. The van der Waals surface area contributed by atoms with E-state index in [-0.39, 0.29) is 6.61 Å². The molecule has 3 heteroatoms. The van der Waals surface area contributed by atoms with Crippen LogP contribution in [-0.4, -0.2) is 48.8 Å². The maximum atomic E-state index is 9.15. The number of aliphatic hydroxyl groups excluding tert-OH is 1. The van der Waals surface area contributed by atoms with Gasteiger partial charge in [-0.15, -0.1) is 0 Å². The zero-order chi connectivity index (χ0) is 14.0. The Labute approximate surface area is 114 Å². The van der Waals surface area contributed by atoms with Gasteiger partial charge in [0.2, 0.25) is 0 Å². The van der Waals surface area contributed by atoms with E-state index in [0.717, 1.165) is 32.6 Å². The van der Waals surface area contributed by atoms with Gasteiger partial charge in [0.15, 0.2) is 0 Å². The predicted molar refractivity (Wildman–Crippen MR) is 80.0 cm³/mol. The molecule has 0 saturated carbocycles. The van der Waals surface area contributed by atoms with Crippen molar-refractivity contribution < 1.29 is 5.11 Å². The van der Waals surface area contributed by atoms with Crippen molar-refractivity contribution in [2.45, 2.75) is 59.9 Å². The van der Waals surface area contributed by atoms with Crippen LogP contribution in [0.25, 0.3) is 0 Å². The van der Waals surface area contributed by atoms with Gasteiger partial charge in [-0.2, -0.15) is 0 Å². The molecule has 1 atom stereocenters. The van der Waals surface area contributed by atoms with Crippen molar-refractivity contribution in [2.24, 2.45) is 5.41 Å². The van der Waals surface area contributed by atoms with E-state index < -0.39 is 0 Å². The van der Waals surface area contributed by atoms with E-state index in [1.807, 2.05) is 0 Å². The molecular weight excluding hydrogens is 224 g/mol. The summed E-state index contributed by atoms with van der Waals surface area (Å²) in [5.41, 5.74) is 0.309. The number of nitrogens with zero attached hydrogens (tertiary/aromatic N) is 1. The Hall–Kier alpha value is -0.120. The molecule has 0 aliphatic heterocycles. The molecular formula is C15H34N2O. The highest BCUT2D eigenvalue weighted by atomic mass is 16.3. The van der Waals surface area contributed by atoms with Gasteiger partial charge >= 0.3 is 0 Å². The first-order valence-electron chi connectivity index (χ1n) is 7.54. The largest absolute Gasteiger partial charge is 0.395 e. The van der Waals surface area contributed by atoms with Crippen LogP contribution >= 0.6 is 0 Å². The van der Waals surface area contributed by atoms with Crippen LogP contribution in [0.3, 0.4) is 0 Å². The van der Waals surface area contributed by atoms with Crippen LogP contribution in [-0.2, 0) is 0 Å². The molecule has 0 saturated heterocycles. The molecule has 0 aromatic carbocycles. The lowest BCUT2D eigenvalue weighted by molar-refractivity contribution is 0.123. The lowest BCUT2D eigenvalue weighted by Gasteiger charge is -2.36. The highest BCUT2D eigenvalue weighted by Gasteiger charge is 2.26. The van der Waals surface area contributed by atoms with E-state index in [2.05, 4.69) is 44.8 Å². The SMILES string of the molecule is CCCN(CCO)CC(C)(CCC)CNC(C)C. The molecule has 0 aromatic heterocycles. The fourth-order valence-corrected chi connectivity index (χ4v) is 2.54. The third kappa shape index (κ3) is 8.06. The second-order valence-electron chi connectivity index (χ2n) is 6.10. The van der Waals surface area contributed by atoms with E-state index in [0.29, 0.717) is 11.5 Å². The van der Waals surface area contributed by atoms with Crippen LogP contribution in [0.15, 0.2) is 0 Å². The van der Waals surface area contributed by atoms with Gasteiger partial charge < -0.3 is 15.3 Å². The first-order valence-corrected chi connectivity index (χ1v) is 7.54. The maximum absolute atomic E-state index is 9.15. The van der Waals surface area contributed by atoms with E-state index in [4.69, 9.17) is 5.11 Å². The Morgan fingerprint density at radius 3 is 2.28 bits per heavy atom. The molecule has 0 bridgehead atoms. The first kappa shape index (κ1) is 17.9. The summed E-state index contributed by atoms with van der Waals surface area (Å²) in [7, 11) is 0. The average molecular weight is 258 g/mol. The molecule has 0 aliphatic carbocycles. The summed E-state index contributed by atoms with van der Waals surface area (Å²) in [6, 6.07) is 0.540. The molecule has 3 nitrogen and oxygen atoms in total. The fourth-order valence-electron chi connectivity index (χ4n) is 2.54. The van der Waals surface area contributed by atoms with Crippen LogP contribution in [0.5, 0.6) is 0 Å². The smallest absolute Gasteiger partial charge is 0.0558 e. The standard InChI is InChI=1S/C15H34N2O/c1-6-8-15(5,12-16-14(3)4)13-17(9-7-2)10-11-18/h14,16,18H,6-13H2,1-5H3. The van der Waals surface area contributed by atoms with Gasteiger partial charge in [0.25, 0.3) is 0 Å². The molecule has 2 N–H and O–H groups in total. The topological polar surface area (TPSA) is 35.5 Å². The Balaban J connectivity index is 4.43. The van der Waals surface area contributed by atoms with E-state index >= 15 is 0 Å². The summed E-state index contributed by atoms with van der Waals surface area (Å²) < 4.78 is 0. The van der Waals surface area contributed by atoms with Crippen molar-refractivity contribution in [3.05, 3.63) is 0 Å². The minimum atomic E-state index is 0.264. The molecule has 1 unspecified atom stereocenters. The van der Waals surface area contributed by atoms with Crippen molar-refractivity contribution in [3.63, 3.8) is 0 Å². The first-order chi connectivity index (χ1) is 8.47. The number of aliphatic hydroxyl groups is 1. The predicted octanol–water partition coefficient (Wildman–Crippen LogP) is 2.50. The van der Waals surface area contributed by atoms with Crippen molar-refractivity contribution >= 4 is 0 Å². The van der Waals surface area contributed by atoms with Gasteiger partial charge in [-0.1, -0.05) is 41.0 Å². The third-order valence-corrected chi connectivity index (χ3v) is 3.35. The molecule has 0 radical (unpaired) electrons. The lowest BCUT2D eigenvalue weighted by Crippen LogP contribution is -2.45. The monoisotopic (exact) mass is 258 g/mol. The minimum absolute atomic E-state index is 0.264. The lowest BCUT2D eigenvalue weighted by atomic mass is 9.84. The number of nitrogens with one attached hydrogen (secondary N) is 1.